The Kier molecular flexibility index (Phi) is 4.65. The van der Waals surface area contributed by atoms with Crippen LogP contribution in [0.1, 0.15) is 32.9 Å². The molecule has 25 heavy (non-hydrogen) atoms. The smallest absolute Gasteiger partial charge is 0.251 e. The maximum absolute atomic E-state index is 14.4. The summed E-state index contributed by atoms with van der Waals surface area (Å²) in [5.41, 5.74) is 3.97. The number of nitrogens with one attached hydrogen (secondary N) is 1. The topological polar surface area (TPSA) is 46.9 Å². The Balaban J connectivity index is 1.71. The van der Waals surface area contributed by atoms with Crippen molar-refractivity contribution in [2.24, 2.45) is 0 Å². The minimum atomic E-state index is -0.348. The number of imidazole rings is 1. The third kappa shape index (κ3) is 3.60. The molecule has 0 atom stereocenters. The summed E-state index contributed by atoms with van der Waals surface area (Å²) in [6, 6.07) is 10.5. The third-order valence-electron chi connectivity index (χ3n) is 4.32. The van der Waals surface area contributed by atoms with Crippen molar-refractivity contribution in [1.29, 1.82) is 0 Å². The highest BCUT2D eigenvalue weighted by atomic mass is 19.1. The first-order chi connectivity index (χ1) is 12.0. The fraction of sp³-hybridized carbons (Fsp3) is 0.200. The zero-order valence-corrected chi connectivity index (χ0v) is 14.5. The number of halogens is 1. The molecule has 3 aromatic rings. The van der Waals surface area contributed by atoms with Crippen molar-refractivity contribution in [2.75, 3.05) is 0 Å². The monoisotopic (exact) mass is 337 g/mol. The fourth-order valence-corrected chi connectivity index (χ4v) is 2.66. The molecule has 3 rings (SSSR count). The van der Waals surface area contributed by atoms with Gasteiger partial charge in [0.15, 0.2) is 0 Å². The number of nitrogens with zero attached hydrogens (tertiary/aromatic N) is 2. The molecule has 1 aromatic heterocycles. The van der Waals surface area contributed by atoms with E-state index in [1.54, 1.807) is 35.2 Å². The Bertz CT molecular complexity index is 930. The highest BCUT2D eigenvalue weighted by Gasteiger charge is 2.10. The molecule has 0 aliphatic rings. The third-order valence-corrected chi connectivity index (χ3v) is 4.32. The average Bonchev–Trinajstić information content (AvgIpc) is 3.01. The minimum absolute atomic E-state index is 0.168. The van der Waals surface area contributed by atoms with E-state index in [-0.39, 0.29) is 18.3 Å². The van der Waals surface area contributed by atoms with E-state index in [2.05, 4.69) is 10.3 Å². The van der Waals surface area contributed by atoms with E-state index in [1.807, 2.05) is 32.9 Å². The van der Waals surface area contributed by atoms with Crippen molar-refractivity contribution in [1.82, 2.24) is 14.9 Å². The molecule has 2 aromatic carbocycles. The van der Waals surface area contributed by atoms with Crippen molar-refractivity contribution in [3.63, 3.8) is 0 Å². The van der Waals surface area contributed by atoms with Gasteiger partial charge in [0.05, 0.1) is 5.69 Å². The van der Waals surface area contributed by atoms with Crippen molar-refractivity contribution < 1.29 is 9.18 Å². The largest absolute Gasteiger partial charge is 0.348 e. The van der Waals surface area contributed by atoms with Gasteiger partial charge in [0, 0.05) is 24.5 Å². The van der Waals surface area contributed by atoms with Gasteiger partial charge in [-0.15, -0.1) is 0 Å². The number of hydrogen-bond donors (Lipinski definition) is 1. The molecule has 0 fully saturated rings. The molecule has 0 radical (unpaired) electrons. The lowest BCUT2D eigenvalue weighted by molar-refractivity contribution is 0.0950. The van der Waals surface area contributed by atoms with Gasteiger partial charge in [0.2, 0.25) is 0 Å². The van der Waals surface area contributed by atoms with E-state index in [4.69, 9.17) is 0 Å². The van der Waals surface area contributed by atoms with Gasteiger partial charge in [-0.1, -0.05) is 12.1 Å². The predicted octanol–water partition coefficient (Wildman–Crippen LogP) is 3.87. The van der Waals surface area contributed by atoms with Crippen molar-refractivity contribution >= 4 is 5.91 Å². The summed E-state index contributed by atoms with van der Waals surface area (Å²) in [6.07, 6.45) is 3.35. The Morgan fingerprint density at radius 2 is 1.92 bits per heavy atom. The van der Waals surface area contributed by atoms with Crippen LogP contribution in [0.15, 0.2) is 48.8 Å². The number of aryl methyl sites for hydroxylation is 3. The number of hydrogen-bond acceptors (Lipinski definition) is 2. The van der Waals surface area contributed by atoms with Crippen molar-refractivity contribution in [3.05, 3.63) is 82.7 Å². The summed E-state index contributed by atoms with van der Waals surface area (Å²) >= 11 is 0. The highest BCUT2D eigenvalue weighted by Crippen LogP contribution is 2.17. The summed E-state index contributed by atoms with van der Waals surface area (Å²) in [5, 5.41) is 2.83. The Hall–Kier alpha value is -2.95. The summed E-state index contributed by atoms with van der Waals surface area (Å²) in [4.78, 5) is 16.3. The molecule has 0 saturated heterocycles. The lowest BCUT2D eigenvalue weighted by atomic mass is 10.1. The normalized spacial score (nSPS) is 10.7. The van der Waals surface area contributed by atoms with E-state index < -0.39 is 0 Å². The molecule has 0 aliphatic heterocycles. The molecule has 0 unspecified atom stereocenters. The molecule has 1 heterocycles. The van der Waals surface area contributed by atoms with Crippen LogP contribution < -0.4 is 5.32 Å². The van der Waals surface area contributed by atoms with Crippen molar-refractivity contribution in [2.45, 2.75) is 27.3 Å². The number of benzene rings is 2. The Morgan fingerprint density at radius 3 is 2.56 bits per heavy atom. The molecule has 128 valence electrons. The first-order valence-electron chi connectivity index (χ1n) is 8.10. The number of carbonyl (C=O) groups is 1. The molecule has 1 N–H and O–H groups in total. The van der Waals surface area contributed by atoms with Gasteiger partial charge in [-0.3, -0.25) is 4.79 Å². The molecule has 0 saturated carbocycles. The van der Waals surface area contributed by atoms with Gasteiger partial charge in [0.1, 0.15) is 11.6 Å². The van der Waals surface area contributed by atoms with Gasteiger partial charge in [-0.05, 0) is 61.7 Å². The maximum Gasteiger partial charge on any atom is 0.251 e. The number of amides is 1. The Morgan fingerprint density at radius 1 is 1.12 bits per heavy atom. The van der Waals surface area contributed by atoms with E-state index >= 15 is 0 Å². The number of aromatic nitrogens is 2. The van der Waals surface area contributed by atoms with Gasteiger partial charge in [-0.25, -0.2) is 9.37 Å². The van der Waals surface area contributed by atoms with Gasteiger partial charge in [0.25, 0.3) is 5.91 Å². The highest BCUT2D eigenvalue weighted by molar-refractivity contribution is 5.94. The van der Waals surface area contributed by atoms with Crippen LogP contribution in [0.3, 0.4) is 0 Å². The summed E-state index contributed by atoms with van der Waals surface area (Å²) in [6.45, 7) is 6.06. The summed E-state index contributed by atoms with van der Waals surface area (Å²) in [7, 11) is 0. The molecular weight excluding hydrogens is 317 g/mol. The average molecular weight is 337 g/mol. The second-order valence-corrected chi connectivity index (χ2v) is 6.11. The van der Waals surface area contributed by atoms with E-state index in [9.17, 15) is 9.18 Å². The van der Waals surface area contributed by atoms with Crippen LogP contribution in [0.2, 0.25) is 0 Å². The lowest BCUT2D eigenvalue weighted by Gasteiger charge is -2.10. The van der Waals surface area contributed by atoms with Gasteiger partial charge < -0.3 is 9.88 Å². The molecule has 0 aliphatic carbocycles. The van der Waals surface area contributed by atoms with E-state index in [0.717, 1.165) is 17.0 Å². The molecular formula is C20H20FN3O. The summed E-state index contributed by atoms with van der Waals surface area (Å²) in [5.74, 6) is 0.201. The van der Waals surface area contributed by atoms with Crippen LogP contribution in [0.5, 0.6) is 0 Å². The van der Waals surface area contributed by atoms with Crippen LogP contribution >= 0.6 is 0 Å². The first kappa shape index (κ1) is 16.9. The maximum atomic E-state index is 14.4. The van der Waals surface area contributed by atoms with Gasteiger partial charge in [-0.2, -0.15) is 0 Å². The zero-order chi connectivity index (χ0) is 18.0. The lowest BCUT2D eigenvalue weighted by Crippen LogP contribution is -2.23. The predicted molar refractivity (Wildman–Crippen MR) is 95.3 cm³/mol. The van der Waals surface area contributed by atoms with E-state index in [0.29, 0.717) is 16.8 Å². The number of carbonyl (C=O) groups excluding carboxylic acids is 1. The molecule has 0 spiro atoms. The van der Waals surface area contributed by atoms with E-state index in [1.165, 1.54) is 6.07 Å². The zero-order valence-electron chi connectivity index (χ0n) is 14.5. The standard InChI is InChI=1S/C20H20FN3O/c1-13-4-6-17(10-14(13)2)20(25)23-12-16-5-7-19(18(21)11-16)24-9-8-22-15(24)3/h4-11H,12H2,1-3H3,(H,23,25). The van der Waals surface area contributed by atoms with Crippen LogP contribution in [-0.2, 0) is 6.54 Å². The second-order valence-electron chi connectivity index (χ2n) is 6.11. The number of rotatable bonds is 4. The quantitative estimate of drug-likeness (QED) is 0.786. The van der Waals surface area contributed by atoms with Crippen LogP contribution in [0.4, 0.5) is 4.39 Å². The molecule has 4 nitrogen and oxygen atoms in total. The second kappa shape index (κ2) is 6.89. The summed E-state index contributed by atoms with van der Waals surface area (Å²) < 4.78 is 16.1. The Labute approximate surface area is 146 Å². The van der Waals surface area contributed by atoms with Crippen molar-refractivity contribution in [3.8, 4) is 5.69 Å². The SMILES string of the molecule is Cc1ccc(C(=O)NCc2ccc(-n3ccnc3C)c(F)c2)cc1C. The molecule has 1 amide bonds. The fourth-order valence-electron chi connectivity index (χ4n) is 2.66. The first-order valence-corrected chi connectivity index (χ1v) is 8.10. The van der Waals surface area contributed by atoms with Crippen LogP contribution in [0, 0.1) is 26.6 Å². The van der Waals surface area contributed by atoms with Crippen LogP contribution in [0.25, 0.3) is 5.69 Å². The molecule has 5 heteroatoms. The van der Waals surface area contributed by atoms with Crippen LogP contribution in [-0.4, -0.2) is 15.5 Å². The van der Waals surface area contributed by atoms with Gasteiger partial charge >= 0.3 is 0 Å². The molecule has 0 bridgehead atoms. The minimum Gasteiger partial charge on any atom is -0.348 e.